The summed E-state index contributed by atoms with van der Waals surface area (Å²) >= 11 is 0. The number of benzene rings is 1. The van der Waals surface area contributed by atoms with Crippen LogP contribution in [0.3, 0.4) is 0 Å². The molecule has 0 unspecified atom stereocenters. The molecular formula is C16H17N5O. The molecule has 2 heterocycles. The van der Waals surface area contributed by atoms with Crippen LogP contribution in [0.15, 0.2) is 48.8 Å². The molecule has 3 rings (SSSR count). The van der Waals surface area contributed by atoms with E-state index in [1.54, 1.807) is 24.0 Å². The summed E-state index contributed by atoms with van der Waals surface area (Å²) in [6.45, 7) is 2.57. The quantitative estimate of drug-likeness (QED) is 0.802. The molecule has 3 aromatic rings. The summed E-state index contributed by atoms with van der Waals surface area (Å²) in [7, 11) is 1.76. The minimum absolute atomic E-state index is 0.164. The number of aromatic nitrogens is 4. The number of nitrogens with zero attached hydrogens (tertiary/aromatic N) is 4. The Labute approximate surface area is 128 Å². The van der Waals surface area contributed by atoms with Crippen LogP contribution in [0.4, 0.5) is 5.69 Å². The van der Waals surface area contributed by atoms with Crippen molar-refractivity contribution in [2.45, 2.75) is 13.5 Å². The number of anilines is 1. The molecule has 0 saturated carbocycles. The van der Waals surface area contributed by atoms with Crippen molar-refractivity contribution in [2.24, 2.45) is 7.05 Å². The molecule has 0 spiro atoms. The van der Waals surface area contributed by atoms with Gasteiger partial charge >= 0.3 is 0 Å². The van der Waals surface area contributed by atoms with Gasteiger partial charge in [0, 0.05) is 25.1 Å². The second kappa shape index (κ2) is 5.85. The lowest BCUT2D eigenvalue weighted by Crippen LogP contribution is -2.16. The molecule has 0 atom stereocenters. The average Bonchev–Trinajstić information content (AvgIpc) is 3.10. The van der Waals surface area contributed by atoms with Crippen molar-refractivity contribution in [1.82, 2.24) is 19.6 Å². The van der Waals surface area contributed by atoms with Crippen LogP contribution < -0.4 is 5.32 Å². The number of amides is 1. The van der Waals surface area contributed by atoms with E-state index in [1.807, 2.05) is 48.1 Å². The summed E-state index contributed by atoms with van der Waals surface area (Å²) in [5, 5.41) is 11.2. The zero-order valence-corrected chi connectivity index (χ0v) is 12.5. The van der Waals surface area contributed by atoms with Gasteiger partial charge in [0.15, 0.2) is 0 Å². The summed E-state index contributed by atoms with van der Waals surface area (Å²) in [5.74, 6) is -0.164. The van der Waals surface area contributed by atoms with Gasteiger partial charge in [-0.25, -0.2) is 0 Å². The fraction of sp³-hybridized carbons (Fsp3) is 0.188. The number of aryl methyl sites for hydroxylation is 2. The fourth-order valence-corrected chi connectivity index (χ4v) is 2.29. The Hall–Kier alpha value is -2.89. The van der Waals surface area contributed by atoms with Gasteiger partial charge in [0.25, 0.3) is 5.91 Å². The molecule has 6 nitrogen and oxygen atoms in total. The van der Waals surface area contributed by atoms with Crippen molar-refractivity contribution in [1.29, 1.82) is 0 Å². The van der Waals surface area contributed by atoms with Crippen LogP contribution in [0, 0.1) is 6.92 Å². The standard InChI is InChI=1S/C16H17N5O/c1-12-10-15(20(2)19-12)16(22)18-14-6-4-13(5-7-14)11-21-9-3-8-17-21/h3-10H,11H2,1-2H3,(H,18,22). The molecule has 0 saturated heterocycles. The number of carbonyl (C=O) groups excluding carboxylic acids is 1. The van der Waals surface area contributed by atoms with Gasteiger partial charge in [0.2, 0.25) is 0 Å². The van der Waals surface area contributed by atoms with E-state index in [4.69, 9.17) is 0 Å². The third kappa shape index (κ3) is 3.06. The molecule has 0 aliphatic carbocycles. The summed E-state index contributed by atoms with van der Waals surface area (Å²) in [6, 6.07) is 11.4. The first-order valence-corrected chi connectivity index (χ1v) is 7.00. The second-order valence-corrected chi connectivity index (χ2v) is 5.15. The Bertz CT molecular complexity index is 771. The zero-order chi connectivity index (χ0) is 15.5. The predicted molar refractivity (Wildman–Crippen MR) is 83.7 cm³/mol. The highest BCUT2D eigenvalue weighted by Crippen LogP contribution is 2.12. The van der Waals surface area contributed by atoms with Gasteiger partial charge in [-0.2, -0.15) is 10.2 Å². The van der Waals surface area contributed by atoms with Crippen LogP contribution in [-0.2, 0) is 13.6 Å². The van der Waals surface area contributed by atoms with Gasteiger partial charge in [-0.05, 0) is 36.8 Å². The van der Waals surface area contributed by atoms with E-state index in [1.165, 1.54) is 0 Å². The Kier molecular flexibility index (Phi) is 3.74. The number of hydrogen-bond donors (Lipinski definition) is 1. The lowest BCUT2D eigenvalue weighted by Gasteiger charge is -2.07. The number of carbonyl (C=O) groups is 1. The number of hydrogen-bond acceptors (Lipinski definition) is 3. The van der Waals surface area contributed by atoms with Gasteiger partial charge in [-0.1, -0.05) is 12.1 Å². The van der Waals surface area contributed by atoms with Crippen LogP contribution in [0.5, 0.6) is 0 Å². The molecule has 1 aromatic carbocycles. The van der Waals surface area contributed by atoms with Crippen LogP contribution >= 0.6 is 0 Å². The minimum atomic E-state index is -0.164. The molecule has 0 fully saturated rings. The largest absolute Gasteiger partial charge is 0.321 e. The Morgan fingerprint density at radius 1 is 1.27 bits per heavy atom. The van der Waals surface area contributed by atoms with Gasteiger partial charge in [0.05, 0.1) is 12.2 Å². The van der Waals surface area contributed by atoms with Crippen molar-refractivity contribution in [2.75, 3.05) is 5.32 Å². The maximum Gasteiger partial charge on any atom is 0.273 e. The average molecular weight is 295 g/mol. The van der Waals surface area contributed by atoms with Crippen molar-refractivity contribution in [3.63, 3.8) is 0 Å². The second-order valence-electron chi connectivity index (χ2n) is 5.15. The molecule has 0 radical (unpaired) electrons. The minimum Gasteiger partial charge on any atom is -0.321 e. The van der Waals surface area contributed by atoms with Crippen LogP contribution in [0.1, 0.15) is 21.7 Å². The van der Waals surface area contributed by atoms with Gasteiger partial charge in [-0.3, -0.25) is 14.2 Å². The van der Waals surface area contributed by atoms with Crippen molar-refractivity contribution in [3.05, 3.63) is 65.7 Å². The SMILES string of the molecule is Cc1cc(C(=O)Nc2ccc(Cn3cccn3)cc2)n(C)n1. The number of rotatable bonds is 4. The van der Waals surface area contributed by atoms with E-state index in [9.17, 15) is 4.79 Å². The molecule has 22 heavy (non-hydrogen) atoms. The third-order valence-electron chi connectivity index (χ3n) is 3.35. The molecule has 6 heteroatoms. The Balaban J connectivity index is 1.68. The first-order valence-electron chi connectivity index (χ1n) is 7.00. The highest BCUT2D eigenvalue weighted by Gasteiger charge is 2.11. The topological polar surface area (TPSA) is 64.7 Å². The maximum atomic E-state index is 12.2. The van der Waals surface area contributed by atoms with E-state index in [2.05, 4.69) is 15.5 Å². The Morgan fingerprint density at radius 3 is 2.64 bits per heavy atom. The molecular weight excluding hydrogens is 278 g/mol. The maximum absolute atomic E-state index is 12.2. The van der Waals surface area contributed by atoms with Gasteiger partial charge in [0.1, 0.15) is 5.69 Å². The monoisotopic (exact) mass is 295 g/mol. The highest BCUT2D eigenvalue weighted by atomic mass is 16.2. The normalized spacial score (nSPS) is 10.6. The fourth-order valence-electron chi connectivity index (χ4n) is 2.29. The lowest BCUT2D eigenvalue weighted by molar-refractivity contribution is 0.101. The van der Waals surface area contributed by atoms with Crippen molar-refractivity contribution in [3.8, 4) is 0 Å². The van der Waals surface area contributed by atoms with E-state index in [-0.39, 0.29) is 5.91 Å². The summed E-state index contributed by atoms with van der Waals surface area (Å²) < 4.78 is 3.43. The molecule has 0 aliphatic heterocycles. The van der Waals surface area contributed by atoms with E-state index in [0.717, 1.165) is 16.9 Å². The van der Waals surface area contributed by atoms with Gasteiger partial charge < -0.3 is 5.32 Å². The molecule has 1 amide bonds. The van der Waals surface area contributed by atoms with Crippen LogP contribution in [-0.4, -0.2) is 25.5 Å². The first-order chi connectivity index (χ1) is 10.6. The van der Waals surface area contributed by atoms with E-state index >= 15 is 0 Å². The van der Waals surface area contributed by atoms with E-state index in [0.29, 0.717) is 12.2 Å². The van der Waals surface area contributed by atoms with E-state index < -0.39 is 0 Å². The van der Waals surface area contributed by atoms with Crippen LogP contribution in [0.25, 0.3) is 0 Å². The molecule has 112 valence electrons. The van der Waals surface area contributed by atoms with Crippen LogP contribution in [0.2, 0.25) is 0 Å². The smallest absolute Gasteiger partial charge is 0.273 e. The Morgan fingerprint density at radius 2 is 2.05 bits per heavy atom. The predicted octanol–water partition coefficient (Wildman–Crippen LogP) is 2.23. The number of nitrogens with one attached hydrogen (secondary N) is 1. The summed E-state index contributed by atoms with van der Waals surface area (Å²) in [6.07, 6.45) is 3.67. The first kappa shape index (κ1) is 14.1. The summed E-state index contributed by atoms with van der Waals surface area (Å²) in [4.78, 5) is 12.2. The molecule has 0 aliphatic rings. The molecule has 1 N–H and O–H groups in total. The van der Waals surface area contributed by atoms with Gasteiger partial charge in [-0.15, -0.1) is 0 Å². The lowest BCUT2D eigenvalue weighted by atomic mass is 10.2. The molecule has 2 aromatic heterocycles. The van der Waals surface area contributed by atoms with Crippen molar-refractivity contribution >= 4 is 11.6 Å². The molecule has 0 bridgehead atoms. The highest BCUT2D eigenvalue weighted by molar-refractivity contribution is 6.03. The zero-order valence-electron chi connectivity index (χ0n) is 12.5. The summed E-state index contributed by atoms with van der Waals surface area (Å²) in [5.41, 5.74) is 3.24. The van der Waals surface area contributed by atoms with Crippen molar-refractivity contribution < 1.29 is 4.79 Å². The third-order valence-corrected chi connectivity index (χ3v) is 3.35.